The van der Waals surface area contributed by atoms with Crippen LogP contribution >= 0.6 is 11.6 Å². The zero-order chi connectivity index (χ0) is 12.1. The molecule has 1 amide bonds. The number of carbonyl (C=O) groups is 1. The van der Waals surface area contributed by atoms with Gasteiger partial charge in [0.05, 0.1) is 12.2 Å². The van der Waals surface area contributed by atoms with E-state index in [1.165, 1.54) is 18.2 Å². The summed E-state index contributed by atoms with van der Waals surface area (Å²) in [4.78, 5) is 11.7. The molecule has 2 N–H and O–H groups in total. The molecule has 0 bridgehead atoms. The lowest BCUT2D eigenvalue weighted by Gasteiger charge is -2.13. The maximum atomic E-state index is 11.7. The van der Waals surface area contributed by atoms with Gasteiger partial charge in [-0.15, -0.1) is 0 Å². The molecule has 0 unspecified atom stereocenters. The first-order chi connectivity index (χ1) is 7.54. The van der Waals surface area contributed by atoms with Crippen molar-refractivity contribution in [3.8, 4) is 5.75 Å². The van der Waals surface area contributed by atoms with Gasteiger partial charge in [0.2, 0.25) is 0 Å². The molecule has 0 aliphatic carbocycles. The van der Waals surface area contributed by atoms with Crippen LogP contribution in [-0.2, 0) is 4.74 Å². The third kappa shape index (κ3) is 3.40. The second-order valence-corrected chi connectivity index (χ2v) is 3.93. The van der Waals surface area contributed by atoms with Gasteiger partial charge >= 0.3 is 0 Å². The minimum Gasteiger partial charge on any atom is -0.507 e. The van der Waals surface area contributed by atoms with Gasteiger partial charge < -0.3 is 15.2 Å². The number of methoxy groups -OCH3 is 1. The first kappa shape index (κ1) is 12.8. The second-order valence-electron chi connectivity index (χ2n) is 3.49. The largest absolute Gasteiger partial charge is 0.507 e. The van der Waals surface area contributed by atoms with E-state index in [0.29, 0.717) is 11.6 Å². The number of ether oxygens (including phenoxy) is 1. The number of phenols is 1. The van der Waals surface area contributed by atoms with Crippen molar-refractivity contribution >= 4 is 17.5 Å². The van der Waals surface area contributed by atoms with Crippen molar-refractivity contribution in [3.63, 3.8) is 0 Å². The maximum absolute atomic E-state index is 11.7. The lowest BCUT2D eigenvalue weighted by molar-refractivity contribution is 0.0903. The third-order valence-corrected chi connectivity index (χ3v) is 2.23. The predicted octanol–water partition coefficient (Wildman–Crippen LogP) is 1.81. The minimum atomic E-state index is -0.371. The Balaban J connectivity index is 2.76. The molecule has 1 aromatic rings. The van der Waals surface area contributed by atoms with Crippen LogP contribution in [0.25, 0.3) is 0 Å². The van der Waals surface area contributed by atoms with Crippen LogP contribution < -0.4 is 5.32 Å². The Kier molecular flexibility index (Phi) is 4.58. The van der Waals surface area contributed by atoms with E-state index in [1.807, 2.05) is 6.92 Å². The second kappa shape index (κ2) is 5.72. The number of hydrogen-bond donors (Lipinski definition) is 2. The molecule has 0 aliphatic rings. The first-order valence-corrected chi connectivity index (χ1v) is 5.20. The molecule has 88 valence electrons. The summed E-state index contributed by atoms with van der Waals surface area (Å²) in [5.41, 5.74) is 0.162. The fraction of sp³-hybridized carbons (Fsp3) is 0.364. The molecule has 1 atom stereocenters. The smallest absolute Gasteiger partial charge is 0.255 e. The molecule has 0 heterocycles. The highest BCUT2D eigenvalue weighted by Gasteiger charge is 2.13. The molecular weight excluding hydrogens is 230 g/mol. The Morgan fingerprint density at radius 3 is 2.94 bits per heavy atom. The predicted molar refractivity (Wildman–Crippen MR) is 61.9 cm³/mol. The molecule has 0 radical (unpaired) electrons. The van der Waals surface area contributed by atoms with E-state index in [2.05, 4.69) is 5.32 Å². The highest BCUT2D eigenvalue weighted by molar-refractivity contribution is 6.31. The van der Waals surface area contributed by atoms with Gasteiger partial charge in [0.15, 0.2) is 0 Å². The fourth-order valence-corrected chi connectivity index (χ4v) is 1.46. The standard InChI is InChI=1S/C11H14ClNO3/c1-7(6-16-2)13-11(15)9-5-8(12)3-4-10(9)14/h3-5,7,14H,6H2,1-2H3,(H,13,15)/t7-/m0/s1. The van der Waals surface area contributed by atoms with Crippen LogP contribution in [0.3, 0.4) is 0 Å². The number of benzene rings is 1. The molecule has 0 fully saturated rings. The SMILES string of the molecule is COC[C@H](C)NC(=O)c1cc(Cl)ccc1O. The van der Waals surface area contributed by atoms with E-state index in [-0.39, 0.29) is 23.3 Å². The molecule has 16 heavy (non-hydrogen) atoms. The van der Waals surface area contributed by atoms with Crippen LogP contribution in [0.15, 0.2) is 18.2 Å². The highest BCUT2D eigenvalue weighted by atomic mass is 35.5. The zero-order valence-electron chi connectivity index (χ0n) is 9.16. The summed E-state index contributed by atoms with van der Waals surface area (Å²) in [5, 5.41) is 12.6. The van der Waals surface area contributed by atoms with E-state index in [0.717, 1.165) is 0 Å². The van der Waals surface area contributed by atoms with Crippen molar-refractivity contribution in [1.82, 2.24) is 5.32 Å². The molecule has 1 aromatic carbocycles. The quantitative estimate of drug-likeness (QED) is 0.848. The fourth-order valence-electron chi connectivity index (χ4n) is 1.28. The normalized spacial score (nSPS) is 12.2. The summed E-state index contributed by atoms with van der Waals surface area (Å²) < 4.78 is 4.89. The Morgan fingerprint density at radius 2 is 2.31 bits per heavy atom. The maximum Gasteiger partial charge on any atom is 0.255 e. The molecule has 0 saturated heterocycles. The molecular formula is C11H14ClNO3. The number of carbonyl (C=O) groups excluding carboxylic acids is 1. The summed E-state index contributed by atoms with van der Waals surface area (Å²) >= 11 is 5.74. The molecule has 0 saturated carbocycles. The number of halogens is 1. The van der Waals surface area contributed by atoms with E-state index < -0.39 is 0 Å². The third-order valence-electron chi connectivity index (χ3n) is 2.00. The minimum absolute atomic E-state index is 0.0912. The summed E-state index contributed by atoms with van der Waals surface area (Å²) in [6, 6.07) is 4.20. The van der Waals surface area contributed by atoms with Crippen molar-refractivity contribution in [2.45, 2.75) is 13.0 Å². The Labute approximate surface area is 99.2 Å². The molecule has 0 aliphatic heterocycles. The molecule has 1 rings (SSSR count). The summed E-state index contributed by atoms with van der Waals surface area (Å²) in [6.45, 7) is 2.22. The summed E-state index contributed by atoms with van der Waals surface area (Å²) in [6.07, 6.45) is 0. The first-order valence-electron chi connectivity index (χ1n) is 4.83. The van der Waals surface area contributed by atoms with Gasteiger partial charge in [-0.05, 0) is 25.1 Å². The average Bonchev–Trinajstić information content (AvgIpc) is 2.21. The van der Waals surface area contributed by atoms with Gasteiger partial charge in [-0.3, -0.25) is 4.79 Å². The van der Waals surface area contributed by atoms with Crippen LogP contribution in [-0.4, -0.2) is 30.8 Å². The van der Waals surface area contributed by atoms with Crippen LogP contribution in [0, 0.1) is 0 Å². The molecule has 4 nitrogen and oxygen atoms in total. The Morgan fingerprint density at radius 1 is 1.62 bits per heavy atom. The van der Waals surface area contributed by atoms with Crippen molar-refractivity contribution < 1.29 is 14.6 Å². The van der Waals surface area contributed by atoms with E-state index in [4.69, 9.17) is 16.3 Å². The van der Waals surface area contributed by atoms with E-state index >= 15 is 0 Å². The molecule has 0 aromatic heterocycles. The average molecular weight is 244 g/mol. The Hall–Kier alpha value is -1.26. The van der Waals surface area contributed by atoms with Gasteiger partial charge in [-0.2, -0.15) is 0 Å². The molecule has 0 spiro atoms. The van der Waals surface area contributed by atoms with Gasteiger partial charge in [0, 0.05) is 18.2 Å². The summed E-state index contributed by atoms with van der Waals surface area (Å²) in [7, 11) is 1.56. The number of nitrogens with one attached hydrogen (secondary N) is 1. The van der Waals surface area contributed by atoms with E-state index in [9.17, 15) is 9.90 Å². The monoisotopic (exact) mass is 243 g/mol. The highest BCUT2D eigenvalue weighted by Crippen LogP contribution is 2.21. The van der Waals surface area contributed by atoms with Crippen LogP contribution in [0.4, 0.5) is 0 Å². The molecule has 5 heteroatoms. The number of amides is 1. The van der Waals surface area contributed by atoms with Gasteiger partial charge in [0.1, 0.15) is 5.75 Å². The van der Waals surface area contributed by atoms with E-state index in [1.54, 1.807) is 7.11 Å². The van der Waals surface area contributed by atoms with Crippen LogP contribution in [0.5, 0.6) is 5.75 Å². The Bertz CT molecular complexity index is 381. The van der Waals surface area contributed by atoms with Crippen molar-refractivity contribution in [3.05, 3.63) is 28.8 Å². The zero-order valence-corrected chi connectivity index (χ0v) is 9.91. The summed E-state index contributed by atoms with van der Waals surface area (Å²) in [5.74, 6) is -0.462. The van der Waals surface area contributed by atoms with Crippen molar-refractivity contribution in [1.29, 1.82) is 0 Å². The number of phenolic OH excluding ortho intramolecular Hbond substituents is 1. The van der Waals surface area contributed by atoms with Crippen LogP contribution in [0.1, 0.15) is 17.3 Å². The van der Waals surface area contributed by atoms with Gasteiger partial charge in [-0.25, -0.2) is 0 Å². The lowest BCUT2D eigenvalue weighted by Crippen LogP contribution is -2.35. The van der Waals surface area contributed by atoms with Crippen molar-refractivity contribution in [2.75, 3.05) is 13.7 Å². The number of aromatic hydroxyl groups is 1. The van der Waals surface area contributed by atoms with Gasteiger partial charge in [0.25, 0.3) is 5.91 Å². The number of rotatable bonds is 4. The van der Waals surface area contributed by atoms with Crippen LogP contribution in [0.2, 0.25) is 5.02 Å². The lowest BCUT2D eigenvalue weighted by atomic mass is 10.2. The topological polar surface area (TPSA) is 58.6 Å². The van der Waals surface area contributed by atoms with Crippen molar-refractivity contribution in [2.24, 2.45) is 0 Å². The van der Waals surface area contributed by atoms with Gasteiger partial charge in [-0.1, -0.05) is 11.6 Å². The number of hydrogen-bond acceptors (Lipinski definition) is 3.